The summed E-state index contributed by atoms with van der Waals surface area (Å²) in [7, 11) is 0. The molecule has 0 saturated heterocycles. The molecule has 0 amide bonds. The van der Waals surface area contributed by atoms with Crippen molar-refractivity contribution in [1.82, 2.24) is 4.98 Å². The zero-order chi connectivity index (χ0) is 13.8. The van der Waals surface area contributed by atoms with Crippen molar-refractivity contribution in [3.63, 3.8) is 0 Å². The highest BCUT2D eigenvalue weighted by molar-refractivity contribution is 7.12. The fourth-order valence-corrected chi connectivity index (χ4v) is 2.60. The number of nitro groups is 1. The van der Waals surface area contributed by atoms with Crippen LogP contribution in [0.2, 0.25) is 0 Å². The van der Waals surface area contributed by atoms with Crippen molar-refractivity contribution in [2.24, 2.45) is 0 Å². The minimum absolute atomic E-state index is 0.0119. The van der Waals surface area contributed by atoms with Crippen LogP contribution < -0.4 is 5.32 Å². The third-order valence-corrected chi connectivity index (χ3v) is 3.94. The van der Waals surface area contributed by atoms with Crippen LogP contribution in [-0.4, -0.2) is 9.91 Å². The number of aromatic nitrogens is 1. The van der Waals surface area contributed by atoms with Crippen molar-refractivity contribution in [2.45, 2.75) is 26.8 Å². The summed E-state index contributed by atoms with van der Waals surface area (Å²) in [6.07, 6.45) is 1.01. The monoisotopic (exact) mass is 277 g/mol. The zero-order valence-corrected chi connectivity index (χ0v) is 11.7. The molecule has 0 fully saturated rings. The number of nitrogens with one attached hydrogen (secondary N) is 1. The van der Waals surface area contributed by atoms with Crippen LogP contribution in [-0.2, 0) is 13.0 Å². The summed E-state index contributed by atoms with van der Waals surface area (Å²) in [6, 6.07) is 7.25. The summed E-state index contributed by atoms with van der Waals surface area (Å²) in [4.78, 5) is 17.2. The van der Waals surface area contributed by atoms with Gasteiger partial charge in [-0.15, -0.1) is 11.3 Å². The fraction of sp³-hybridized carbons (Fsp3) is 0.308. The average molecular weight is 277 g/mol. The molecule has 0 aliphatic heterocycles. The van der Waals surface area contributed by atoms with Crippen LogP contribution in [0.15, 0.2) is 24.3 Å². The lowest BCUT2D eigenvalue weighted by Gasteiger charge is -2.05. The van der Waals surface area contributed by atoms with Gasteiger partial charge in [0.15, 0.2) is 0 Å². The van der Waals surface area contributed by atoms with Crippen LogP contribution >= 0.6 is 11.3 Å². The van der Waals surface area contributed by atoms with E-state index < -0.39 is 4.92 Å². The van der Waals surface area contributed by atoms with E-state index in [0.29, 0.717) is 12.4 Å². The molecule has 0 radical (unpaired) electrons. The normalized spacial score (nSPS) is 10.4. The molecule has 0 atom stereocenters. The van der Waals surface area contributed by atoms with E-state index in [0.717, 1.165) is 17.0 Å². The van der Waals surface area contributed by atoms with Gasteiger partial charge in [0.2, 0.25) is 5.82 Å². The van der Waals surface area contributed by atoms with Crippen LogP contribution in [0.1, 0.15) is 22.4 Å². The highest BCUT2D eigenvalue weighted by Gasteiger charge is 2.14. The second kappa shape index (κ2) is 5.79. The van der Waals surface area contributed by atoms with Crippen LogP contribution in [0.4, 0.5) is 11.5 Å². The van der Waals surface area contributed by atoms with Crippen molar-refractivity contribution in [3.8, 4) is 0 Å². The SMILES string of the molecule is CCc1ccc(CNc2nc(C)ccc2[N+](=O)[O-])s1. The Morgan fingerprint density at radius 3 is 2.68 bits per heavy atom. The predicted molar refractivity (Wildman–Crippen MR) is 76.7 cm³/mol. The molecule has 2 rings (SSSR count). The van der Waals surface area contributed by atoms with Gasteiger partial charge in [-0.3, -0.25) is 10.1 Å². The van der Waals surface area contributed by atoms with Crippen molar-refractivity contribution in [3.05, 3.63) is 49.8 Å². The molecule has 2 aromatic heterocycles. The number of hydrogen-bond acceptors (Lipinski definition) is 5. The minimum atomic E-state index is -0.416. The van der Waals surface area contributed by atoms with Crippen molar-refractivity contribution in [2.75, 3.05) is 5.32 Å². The van der Waals surface area contributed by atoms with E-state index in [-0.39, 0.29) is 5.69 Å². The number of pyridine rings is 1. The van der Waals surface area contributed by atoms with E-state index in [1.165, 1.54) is 10.9 Å². The Morgan fingerprint density at radius 1 is 1.32 bits per heavy atom. The van der Waals surface area contributed by atoms with Crippen LogP contribution in [0.5, 0.6) is 0 Å². The first-order valence-corrected chi connectivity index (χ1v) is 6.85. The minimum Gasteiger partial charge on any atom is -0.359 e. The molecule has 100 valence electrons. The van der Waals surface area contributed by atoms with Gasteiger partial charge in [-0.1, -0.05) is 6.92 Å². The van der Waals surface area contributed by atoms with Gasteiger partial charge in [0, 0.05) is 21.5 Å². The van der Waals surface area contributed by atoms with Crippen molar-refractivity contribution >= 4 is 22.8 Å². The van der Waals surface area contributed by atoms with E-state index in [4.69, 9.17) is 0 Å². The molecule has 0 aromatic carbocycles. The predicted octanol–water partition coefficient (Wildman–Crippen LogP) is 3.53. The lowest BCUT2D eigenvalue weighted by atomic mass is 10.3. The van der Waals surface area contributed by atoms with Gasteiger partial charge in [0.25, 0.3) is 0 Å². The van der Waals surface area contributed by atoms with Gasteiger partial charge in [0.05, 0.1) is 11.5 Å². The summed E-state index contributed by atoms with van der Waals surface area (Å²) in [5.74, 6) is 0.330. The molecule has 0 bridgehead atoms. The number of hydrogen-bond donors (Lipinski definition) is 1. The Balaban J connectivity index is 2.14. The van der Waals surface area contributed by atoms with Gasteiger partial charge in [-0.25, -0.2) is 4.98 Å². The first kappa shape index (κ1) is 13.5. The van der Waals surface area contributed by atoms with E-state index in [1.807, 2.05) is 13.0 Å². The van der Waals surface area contributed by atoms with Gasteiger partial charge in [-0.05, 0) is 31.5 Å². The average Bonchev–Trinajstić information content (AvgIpc) is 2.84. The number of aryl methyl sites for hydroxylation is 2. The molecule has 0 spiro atoms. The summed E-state index contributed by atoms with van der Waals surface area (Å²) in [5.41, 5.74) is 0.770. The summed E-state index contributed by atoms with van der Waals surface area (Å²) in [6.45, 7) is 4.48. The topological polar surface area (TPSA) is 68.1 Å². The Hall–Kier alpha value is -1.95. The number of anilines is 1. The standard InChI is InChI=1S/C13H15N3O2S/c1-3-10-5-6-11(19-10)8-14-13-12(16(17)18)7-4-9(2)15-13/h4-7H,3,8H2,1-2H3,(H,14,15). The van der Waals surface area contributed by atoms with Crippen LogP contribution in [0, 0.1) is 17.0 Å². The first-order chi connectivity index (χ1) is 9.10. The van der Waals surface area contributed by atoms with E-state index in [2.05, 4.69) is 23.3 Å². The number of rotatable bonds is 5. The molecule has 0 aliphatic rings. The third-order valence-electron chi connectivity index (χ3n) is 2.71. The number of nitrogens with zero attached hydrogens (tertiary/aromatic N) is 2. The second-order valence-electron chi connectivity index (χ2n) is 4.15. The molecule has 6 heteroatoms. The maximum absolute atomic E-state index is 10.9. The lowest BCUT2D eigenvalue weighted by Crippen LogP contribution is -2.04. The number of thiophene rings is 1. The third kappa shape index (κ3) is 3.29. The zero-order valence-electron chi connectivity index (χ0n) is 10.8. The molecule has 2 heterocycles. The fourth-order valence-electron chi connectivity index (χ4n) is 1.70. The van der Waals surface area contributed by atoms with Crippen molar-refractivity contribution < 1.29 is 4.92 Å². The molecule has 5 nitrogen and oxygen atoms in total. The Morgan fingerprint density at radius 2 is 2.05 bits per heavy atom. The molecular formula is C13H15N3O2S. The maximum Gasteiger partial charge on any atom is 0.311 e. The molecule has 0 saturated carbocycles. The van der Waals surface area contributed by atoms with Gasteiger partial charge in [0.1, 0.15) is 0 Å². The van der Waals surface area contributed by atoms with Crippen LogP contribution in [0.25, 0.3) is 0 Å². The summed E-state index contributed by atoms with van der Waals surface area (Å²) in [5, 5.41) is 14.0. The molecule has 19 heavy (non-hydrogen) atoms. The maximum atomic E-state index is 10.9. The Kier molecular flexibility index (Phi) is 4.11. The molecule has 2 aromatic rings. The lowest BCUT2D eigenvalue weighted by molar-refractivity contribution is -0.384. The van der Waals surface area contributed by atoms with Gasteiger partial charge < -0.3 is 5.32 Å². The largest absolute Gasteiger partial charge is 0.359 e. The molecular weight excluding hydrogens is 262 g/mol. The van der Waals surface area contributed by atoms with Crippen molar-refractivity contribution in [1.29, 1.82) is 0 Å². The summed E-state index contributed by atoms with van der Waals surface area (Å²) < 4.78 is 0. The molecule has 1 N–H and O–H groups in total. The highest BCUT2D eigenvalue weighted by atomic mass is 32.1. The second-order valence-corrected chi connectivity index (χ2v) is 5.41. The highest BCUT2D eigenvalue weighted by Crippen LogP contribution is 2.24. The quantitative estimate of drug-likeness (QED) is 0.670. The Bertz CT molecular complexity index is 595. The van der Waals surface area contributed by atoms with Gasteiger partial charge in [-0.2, -0.15) is 0 Å². The molecule has 0 unspecified atom stereocenters. The Labute approximate surface area is 115 Å². The summed E-state index contributed by atoms with van der Waals surface area (Å²) >= 11 is 1.71. The van der Waals surface area contributed by atoms with E-state index in [1.54, 1.807) is 17.4 Å². The van der Waals surface area contributed by atoms with E-state index in [9.17, 15) is 10.1 Å². The van der Waals surface area contributed by atoms with Crippen LogP contribution in [0.3, 0.4) is 0 Å². The first-order valence-electron chi connectivity index (χ1n) is 6.03. The van der Waals surface area contributed by atoms with Gasteiger partial charge >= 0.3 is 5.69 Å². The molecule has 0 aliphatic carbocycles. The smallest absolute Gasteiger partial charge is 0.311 e. The van der Waals surface area contributed by atoms with E-state index >= 15 is 0 Å².